The van der Waals surface area contributed by atoms with Crippen molar-refractivity contribution in [2.45, 2.75) is 39.5 Å². The van der Waals surface area contributed by atoms with Crippen LogP contribution in [0.5, 0.6) is 11.5 Å². The number of carbonyl (C=O) groups excluding carboxylic acids is 4. The molecule has 202 valence electrons. The molecule has 1 saturated heterocycles. The summed E-state index contributed by atoms with van der Waals surface area (Å²) in [5.74, 6) is -0.608. The fraction of sp³-hybridized carbons (Fsp3) is 0.385. The van der Waals surface area contributed by atoms with Crippen LogP contribution in [-0.4, -0.2) is 54.8 Å². The molecule has 4 rings (SSSR count). The third-order valence-corrected chi connectivity index (χ3v) is 8.62. The highest BCUT2D eigenvalue weighted by Gasteiger charge is 2.37. The number of rotatable bonds is 9. The lowest BCUT2D eigenvalue weighted by atomic mass is 9.95. The van der Waals surface area contributed by atoms with Crippen molar-refractivity contribution in [1.29, 1.82) is 0 Å². The van der Waals surface area contributed by atoms with Crippen LogP contribution in [0.1, 0.15) is 53.1 Å². The molecule has 1 N–H and O–H groups in total. The Morgan fingerprint density at radius 1 is 1.16 bits per heavy atom. The van der Waals surface area contributed by atoms with Gasteiger partial charge in [-0.25, -0.2) is 4.79 Å². The Labute approximate surface area is 237 Å². The lowest BCUT2D eigenvalue weighted by molar-refractivity contribution is -0.127. The SMILES string of the molecule is CCOC(=O)c1c(NC(=O)CN2C(=O)S/C(=C/c3cc(Br)c(OCC)c(OC)c3)C2=O)sc2c1CCCC2. The predicted octanol–water partition coefficient (Wildman–Crippen LogP) is 5.65. The third kappa shape index (κ3) is 5.92. The van der Waals surface area contributed by atoms with E-state index in [-0.39, 0.29) is 11.5 Å². The minimum Gasteiger partial charge on any atom is -0.493 e. The lowest BCUT2D eigenvalue weighted by Crippen LogP contribution is -2.36. The number of benzene rings is 1. The monoisotopic (exact) mass is 622 g/mol. The smallest absolute Gasteiger partial charge is 0.341 e. The van der Waals surface area contributed by atoms with Gasteiger partial charge in [-0.3, -0.25) is 19.3 Å². The number of nitrogens with one attached hydrogen (secondary N) is 1. The topological polar surface area (TPSA) is 111 Å². The zero-order valence-corrected chi connectivity index (χ0v) is 24.4. The molecule has 1 aromatic heterocycles. The molecule has 38 heavy (non-hydrogen) atoms. The largest absolute Gasteiger partial charge is 0.493 e. The van der Waals surface area contributed by atoms with Crippen LogP contribution in [0.2, 0.25) is 0 Å². The van der Waals surface area contributed by atoms with Crippen LogP contribution >= 0.6 is 39.0 Å². The zero-order valence-electron chi connectivity index (χ0n) is 21.2. The van der Waals surface area contributed by atoms with Gasteiger partial charge in [0.15, 0.2) is 11.5 Å². The number of hydrogen-bond acceptors (Lipinski definition) is 9. The summed E-state index contributed by atoms with van der Waals surface area (Å²) in [6.07, 6.45) is 5.13. The molecule has 0 unspecified atom stereocenters. The minimum absolute atomic E-state index is 0.180. The molecule has 1 aromatic carbocycles. The quantitative estimate of drug-likeness (QED) is 0.282. The van der Waals surface area contributed by atoms with Gasteiger partial charge in [0.1, 0.15) is 11.5 Å². The summed E-state index contributed by atoms with van der Waals surface area (Å²) in [6.45, 7) is 3.78. The van der Waals surface area contributed by atoms with Crippen LogP contribution in [0.15, 0.2) is 21.5 Å². The van der Waals surface area contributed by atoms with Crippen molar-refractivity contribution >= 4 is 73.1 Å². The molecule has 2 aliphatic rings. The Morgan fingerprint density at radius 2 is 1.92 bits per heavy atom. The maximum absolute atomic E-state index is 13.0. The summed E-state index contributed by atoms with van der Waals surface area (Å²) >= 11 is 5.56. The molecular formula is C26H27BrN2O7S2. The number of thiophene rings is 1. The average Bonchev–Trinajstić information content (AvgIpc) is 3.37. The number of fused-ring (bicyclic) bond motifs is 1. The maximum atomic E-state index is 13.0. The van der Waals surface area contributed by atoms with Gasteiger partial charge in [0.2, 0.25) is 5.91 Å². The normalized spacial score (nSPS) is 16.0. The van der Waals surface area contributed by atoms with Crippen LogP contribution in [-0.2, 0) is 27.2 Å². The van der Waals surface area contributed by atoms with E-state index in [4.69, 9.17) is 14.2 Å². The van der Waals surface area contributed by atoms with E-state index < -0.39 is 29.6 Å². The van der Waals surface area contributed by atoms with Crippen LogP contribution in [0.3, 0.4) is 0 Å². The third-order valence-electron chi connectivity index (χ3n) is 5.92. The number of amides is 3. The van der Waals surface area contributed by atoms with Gasteiger partial charge >= 0.3 is 5.97 Å². The molecule has 1 aliphatic carbocycles. The fourth-order valence-corrected chi connectivity index (χ4v) is 6.98. The molecular weight excluding hydrogens is 596 g/mol. The summed E-state index contributed by atoms with van der Waals surface area (Å²) in [6, 6.07) is 3.45. The number of methoxy groups -OCH3 is 1. The van der Waals surface area contributed by atoms with E-state index >= 15 is 0 Å². The number of thioether (sulfide) groups is 1. The number of aryl methyl sites for hydroxylation is 1. The van der Waals surface area contributed by atoms with E-state index in [2.05, 4.69) is 21.2 Å². The second-order valence-corrected chi connectivity index (χ2v) is 11.4. The van der Waals surface area contributed by atoms with Crippen LogP contribution in [0, 0.1) is 0 Å². The van der Waals surface area contributed by atoms with E-state index in [1.807, 2.05) is 6.92 Å². The number of imide groups is 1. The number of esters is 1. The van der Waals surface area contributed by atoms with Gasteiger partial charge in [-0.15, -0.1) is 11.3 Å². The van der Waals surface area contributed by atoms with Crippen LogP contribution < -0.4 is 14.8 Å². The fourth-order valence-electron chi connectivity index (χ4n) is 4.28. The first-order chi connectivity index (χ1) is 18.3. The van der Waals surface area contributed by atoms with Gasteiger partial charge in [0.05, 0.1) is 35.3 Å². The van der Waals surface area contributed by atoms with E-state index in [1.165, 1.54) is 18.4 Å². The van der Waals surface area contributed by atoms with Gasteiger partial charge in [-0.2, -0.15) is 0 Å². The van der Waals surface area contributed by atoms with Crippen molar-refractivity contribution in [3.63, 3.8) is 0 Å². The summed E-state index contributed by atoms with van der Waals surface area (Å²) in [5.41, 5.74) is 1.92. The first kappa shape index (κ1) is 28.2. The number of halogens is 1. The first-order valence-electron chi connectivity index (χ1n) is 12.1. The highest BCUT2D eigenvalue weighted by Crippen LogP contribution is 2.40. The Hall–Kier alpha value is -2.83. The van der Waals surface area contributed by atoms with Crippen molar-refractivity contribution in [2.75, 3.05) is 32.2 Å². The molecule has 2 aromatic rings. The molecule has 9 nitrogen and oxygen atoms in total. The van der Waals surface area contributed by atoms with Crippen LogP contribution in [0.25, 0.3) is 6.08 Å². The van der Waals surface area contributed by atoms with Gasteiger partial charge in [0.25, 0.3) is 11.1 Å². The van der Waals surface area contributed by atoms with E-state index in [1.54, 1.807) is 25.1 Å². The number of carbonyl (C=O) groups is 4. The lowest BCUT2D eigenvalue weighted by Gasteiger charge is -2.14. The Bertz CT molecular complexity index is 1320. The molecule has 0 radical (unpaired) electrons. The van der Waals surface area contributed by atoms with Crippen molar-refractivity contribution in [3.8, 4) is 11.5 Å². The van der Waals surface area contributed by atoms with E-state index in [0.29, 0.717) is 38.7 Å². The molecule has 12 heteroatoms. The highest BCUT2D eigenvalue weighted by atomic mass is 79.9. The van der Waals surface area contributed by atoms with Gasteiger partial charge in [0, 0.05) is 4.88 Å². The second kappa shape index (κ2) is 12.4. The number of anilines is 1. The molecule has 2 heterocycles. The summed E-state index contributed by atoms with van der Waals surface area (Å²) < 4.78 is 16.9. The van der Waals surface area contributed by atoms with Crippen molar-refractivity contribution in [3.05, 3.63) is 43.1 Å². The molecule has 1 fully saturated rings. The molecule has 3 amide bonds. The van der Waals surface area contributed by atoms with Gasteiger partial charge < -0.3 is 19.5 Å². The van der Waals surface area contributed by atoms with E-state index in [0.717, 1.165) is 52.8 Å². The Balaban J connectivity index is 1.51. The molecule has 0 atom stereocenters. The highest BCUT2D eigenvalue weighted by molar-refractivity contribution is 9.10. The molecule has 0 saturated carbocycles. The van der Waals surface area contributed by atoms with Crippen molar-refractivity contribution in [1.82, 2.24) is 4.90 Å². The Kier molecular flexibility index (Phi) is 9.16. The van der Waals surface area contributed by atoms with E-state index in [9.17, 15) is 19.2 Å². The standard InChI is InChI=1S/C26H27BrN2O7S2/c1-4-35-22-16(27)10-14(11-17(22)34-3)12-19-24(31)29(26(33)38-19)13-20(30)28-23-21(25(32)36-5-2)15-8-6-7-9-18(15)37-23/h10-12H,4-9,13H2,1-3H3,(H,28,30)/b19-12+. The second-order valence-electron chi connectivity index (χ2n) is 8.42. The van der Waals surface area contributed by atoms with Gasteiger partial charge in [-0.1, -0.05) is 0 Å². The minimum atomic E-state index is -0.574. The van der Waals surface area contributed by atoms with Crippen LogP contribution in [0.4, 0.5) is 9.80 Å². The first-order valence-corrected chi connectivity index (χ1v) is 14.6. The Morgan fingerprint density at radius 3 is 2.63 bits per heavy atom. The summed E-state index contributed by atoms with van der Waals surface area (Å²) in [7, 11) is 1.51. The summed E-state index contributed by atoms with van der Waals surface area (Å²) in [4.78, 5) is 53.4. The zero-order chi connectivity index (χ0) is 27.4. The molecule has 0 bridgehead atoms. The number of nitrogens with zero attached hydrogens (tertiary/aromatic N) is 1. The predicted molar refractivity (Wildman–Crippen MR) is 150 cm³/mol. The average molecular weight is 624 g/mol. The number of hydrogen-bond donors (Lipinski definition) is 1. The molecule has 0 spiro atoms. The molecule has 1 aliphatic heterocycles. The maximum Gasteiger partial charge on any atom is 0.341 e. The summed E-state index contributed by atoms with van der Waals surface area (Å²) in [5, 5.41) is 2.59. The van der Waals surface area contributed by atoms with Crippen molar-refractivity contribution in [2.24, 2.45) is 0 Å². The van der Waals surface area contributed by atoms with Gasteiger partial charge in [-0.05, 0) is 96.6 Å². The number of ether oxygens (including phenoxy) is 3. The van der Waals surface area contributed by atoms with Crippen molar-refractivity contribution < 1.29 is 33.4 Å².